The lowest BCUT2D eigenvalue weighted by atomic mass is 9.94. The van der Waals surface area contributed by atoms with Gasteiger partial charge < -0.3 is 20.4 Å². The molecule has 3 heterocycles. The molecule has 0 saturated carbocycles. The number of carbonyl (C=O) groups excluding carboxylic acids is 2. The van der Waals surface area contributed by atoms with Gasteiger partial charge in [-0.1, -0.05) is 0 Å². The standard InChI is InChI=1S/C16H28N4O2/c17-14-4-3-9-20(12-14)15(21)13-5-10-19(11-6-13)16(22)18-7-1-2-8-18/h13-14H,1-12,17H2. The van der Waals surface area contributed by atoms with Crippen LogP contribution in [-0.4, -0.2) is 71.9 Å². The van der Waals surface area contributed by atoms with E-state index in [1.165, 1.54) is 0 Å². The van der Waals surface area contributed by atoms with Gasteiger partial charge in [-0.05, 0) is 38.5 Å². The predicted molar refractivity (Wildman–Crippen MR) is 84.3 cm³/mol. The molecular weight excluding hydrogens is 280 g/mol. The number of carbonyl (C=O) groups is 2. The zero-order valence-corrected chi connectivity index (χ0v) is 13.4. The molecule has 3 aliphatic rings. The van der Waals surface area contributed by atoms with Crippen LogP contribution >= 0.6 is 0 Å². The van der Waals surface area contributed by atoms with Crippen molar-refractivity contribution in [1.29, 1.82) is 0 Å². The molecule has 6 nitrogen and oxygen atoms in total. The van der Waals surface area contributed by atoms with Crippen molar-refractivity contribution in [1.82, 2.24) is 14.7 Å². The van der Waals surface area contributed by atoms with Crippen molar-refractivity contribution < 1.29 is 9.59 Å². The number of hydrogen-bond acceptors (Lipinski definition) is 3. The summed E-state index contributed by atoms with van der Waals surface area (Å²) in [4.78, 5) is 30.8. The lowest BCUT2D eigenvalue weighted by Gasteiger charge is -2.38. The van der Waals surface area contributed by atoms with Crippen molar-refractivity contribution in [3.05, 3.63) is 0 Å². The summed E-state index contributed by atoms with van der Waals surface area (Å²) in [5.74, 6) is 0.330. The first kappa shape index (κ1) is 15.6. The molecule has 0 spiro atoms. The molecule has 3 saturated heterocycles. The summed E-state index contributed by atoms with van der Waals surface area (Å²) < 4.78 is 0. The van der Waals surface area contributed by atoms with Gasteiger partial charge in [-0.3, -0.25) is 4.79 Å². The third-order valence-electron chi connectivity index (χ3n) is 5.26. The summed E-state index contributed by atoms with van der Waals surface area (Å²) in [6.07, 6.45) is 5.87. The number of amides is 3. The van der Waals surface area contributed by atoms with Crippen LogP contribution in [0.4, 0.5) is 4.79 Å². The summed E-state index contributed by atoms with van der Waals surface area (Å²) in [5.41, 5.74) is 5.97. The fourth-order valence-electron chi connectivity index (χ4n) is 3.89. The van der Waals surface area contributed by atoms with Gasteiger partial charge in [0.05, 0.1) is 0 Å². The Morgan fingerprint density at radius 3 is 2.00 bits per heavy atom. The Bertz CT molecular complexity index is 414. The third kappa shape index (κ3) is 3.37. The molecule has 3 aliphatic heterocycles. The second-order valence-corrected chi connectivity index (χ2v) is 6.92. The second-order valence-electron chi connectivity index (χ2n) is 6.92. The van der Waals surface area contributed by atoms with Gasteiger partial charge in [-0.2, -0.15) is 0 Å². The van der Waals surface area contributed by atoms with Crippen LogP contribution in [0.25, 0.3) is 0 Å². The van der Waals surface area contributed by atoms with Crippen LogP contribution in [0.5, 0.6) is 0 Å². The van der Waals surface area contributed by atoms with Crippen LogP contribution in [0.1, 0.15) is 38.5 Å². The number of likely N-dealkylation sites (tertiary alicyclic amines) is 3. The predicted octanol–water partition coefficient (Wildman–Crippen LogP) is 0.864. The molecule has 0 bridgehead atoms. The van der Waals surface area contributed by atoms with Crippen LogP contribution in [0, 0.1) is 5.92 Å². The highest BCUT2D eigenvalue weighted by atomic mass is 16.2. The summed E-state index contributed by atoms with van der Waals surface area (Å²) in [7, 11) is 0. The second kappa shape index (κ2) is 6.86. The van der Waals surface area contributed by atoms with Crippen molar-refractivity contribution in [2.24, 2.45) is 11.7 Å². The van der Waals surface area contributed by atoms with Crippen LogP contribution in [0.2, 0.25) is 0 Å². The average molecular weight is 308 g/mol. The molecule has 3 fully saturated rings. The first-order chi connectivity index (χ1) is 10.6. The number of hydrogen-bond donors (Lipinski definition) is 1. The maximum absolute atomic E-state index is 12.6. The van der Waals surface area contributed by atoms with E-state index in [2.05, 4.69) is 0 Å². The van der Waals surface area contributed by atoms with Gasteiger partial charge in [0.2, 0.25) is 5.91 Å². The lowest BCUT2D eigenvalue weighted by Crippen LogP contribution is -2.51. The van der Waals surface area contributed by atoms with E-state index in [9.17, 15) is 9.59 Å². The Morgan fingerprint density at radius 2 is 1.36 bits per heavy atom. The van der Waals surface area contributed by atoms with Crippen LogP contribution in [-0.2, 0) is 4.79 Å². The zero-order chi connectivity index (χ0) is 15.5. The topological polar surface area (TPSA) is 69.9 Å². The first-order valence-electron chi connectivity index (χ1n) is 8.73. The smallest absolute Gasteiger partial charge is 0.319 e. The molecule has 3 rings (SSSR count). The van der Waals surface area contributed by atoms with E-state index in [4.69, 9.17) is 5.73 Å². The van der Waals surface area contributed by atoms with Crippen LogP contribution < -0.4 is 5.73 Å². The normalized spacial score (nSPS) is 27.3. The molecule has 0 aromatic heterocycles. The Balaban J connectivity index is 1.48. The lowest BCUT2D eigenvalue weighted by molar-refractivity contribution is -0.138. The molecule has 22 heavy (non-hydrogen) atoms. The number of nitrogens with two attached hydrogens (primary N) is 1. The van der Waals surface area contributed by atoms with E-state index in [-0.39, 0.29) is 23.9 Å². The number of rotatable bonds is 1. The minimum Gasteiger partial charge on any atom is -0.341 e. The maximum Gasteiger partial charge on any atom is 0.319 e. The van der Waals surface area contributed by atoms with Gasteiger partial charge in [-0.15, -0.1) is 0 Å². The third-order valence-corrected chi connectivity index (χ3v) is 5.26. The highest BCUT2D eigenvalue weighted by Gasteiger charge is 2.33. The first-order valence-corrected chi connectivity index (χ1v) is 8.73. The Hall–Kier alpha value is -1.30. The molecule has 124 valence electrons. The molecule has 0 aromatic carbocycles. The number of piperidine rings is 2. The maximum atomic E-state index is 12.6. The number of urea groups is 1. The van der Waals surface area contributed by atoms with E-state index in [0.717, 1.165) is 58.2 Å². The van der Waals surface area contributed by atoms with Gasteiger partial charge in [0.25, 0.3) is 0 Å². The van der Waals surface area contributed by atoms with Crippen molar-refractivity contribution in [2.45, 2.75) is 44.6 Å². The fraction of sp³-hybridized carbons (Fsp3) is 0.875. The summed E-state index contributed by atoms with van der Waals surface area (Å²) in [6.45, 7) is 4.76. The molecule has 0 aliphatic carbocycles. The van der Waals surface area contributed by atoms with Gasteiger partial charge in [0, 0.05) is 51.2 Å². The molecule has 0 aromatic rings. The molecule has 0 radical (unpaired) electrons. The Labute approximate surface area is 132 Å². The van der Waals surface area contributed by atoms with Gasteiger partial charge in [0.1, 0.15) is 0 Å². The summed E-state index contributed by atoms with van der Waals surface area (Å²) >= 11 is 0. The van der Waals surface area contributed by atoms with Crippen molar-refractivity contribution in [2.75, 3.05) is 39.3 Å². The molecule has 3 amide bonds. The average Bonchev–Trinajstić information content (AvgIpc) is 3.08. The minimum atomic E-state index is 0.0768. The number of nitrogens with zero attached hydrogens (tertiary/aromatic N) is 3. The van der Waals surface area contributed by atoms with Crippen molar-refractivity contribution in [3.63, 3.8) is 0 Å². The molecule has 2 N–H and O–H groups in total. The largest absolute Gasteiger partial charge is 0.341 e. The Kier molecular flexibility index (Phi) is 4.86. The molecule has 1 atom stereocenters. The zero-order valence-electron chi connectivity index (χ0n) is 13.4. The quantitative estimate of drug-likeness (QED) is 0.781. The van der Waals surface area contributed by atoms with E-state index < -0.39 is 0 Å². The fourth-order valence-corrected chi connectivity index (χ4v) is 3.89. The van der Waals surface area contributed by atoms with Gasteiger partial charge in [0.15, 0.2) is 0 Å². The molecular formula is C16H28N4O2. The van der Waals surface area contributed by atoms with Crippen molar-refractivity contribution >= 4 is 11.9 Å². The highest BCUT2D eigenvalue weighted by molar-refractivity contribution is 5.80. The monoisotopic (exact) mass is 308 g/mol. The van der Waals surface area contributed by atoms with Gasteiger partial charge >= 0.3 is 6.03 Å². The SMILES string of the molecule is NC1CCCN(C(=O)C2CCN(C(=O)N3CCCC3)CC2)C1. The van der Waals surface area contributed by atoms with Gasteiger partial charge in [-0.25, -0.2) is 4.79 Å². The molecule has 1 unspecified atom stereocenters. The van der Waals surface area contributed by atoms with E-state index in [0.29, 0.717) is 19.6 Å². The summed E-state index contributed by atoms with van der Waals surface area (Å²) in [6, 6.07) is 0.304. The highest BCUT2D eigenvalue weighted by Crippen LogP contribution is 2.23. The minimum absolute atomic E-state index is 0.0768. The van der Waals surface area contributed by atoms with Crippen molar-refractivity contribution in [3.8, 4) is 0 Å². The van der Waals surface area contributed by atoms with E-state index in [1.807, 2.05) is 14.7 Å². The Morgan fingerprint density at radius 1 is 0.773 bits per heavy atom. The van der Waals surface area contributed by atoms with E-state index >= 15 is 0 Å². The van der Waals surface area contributed by atoms with E-state index in [1.54, 1.807) is 0 Å². The molecule has 6 heteroatoms. The van der Waals surface area contributed by atoms with Crippen LogP contribution in [0.3, 0.4) is 0 Å². The summed E-state index contributed by atoms with van der Waals surface area (Å²) in [5, 5.41) is 0. The van der Waals surface area contributed by atoms with Crippen LogP contribution in [0.15, 0.2) is 0 Å².